The number of carbonyl (C=O) groups is 1. The lowest BCUT2D eigenvalue weighted by molar-refractivity contribution is -0.123. The van der Waals surface area contributed by atoms with E-state index in [1.807, 2.05) is 0 Å². The molecule has 0 bridgehead atoms. The van der Waals surface area contributed by atoms with Gasteiger partial charge in [-0.15, -0.1) is 0 Å². The predicted molar refractivity (Wildman–Crippen MR) is 68.8 cm³/mol. The molecule has 2 rings (SSSR count). The molecular weight excluding hydrogens is 212 g/mol. The molecule has 1 aromatic carbocycles. The van der Waals surface area contributed by atoms with Crippen LogP contribution in [-0.2, 0) is 11.2 Å². The van der Waals surface area contributed by atoms with Crippen molar-refractivity contribution in [3.05, 3.63) is 34.9 Å². The Hall–Kier alpha value is -1.35. The second kappa shape index (κ2) is 4.49. The molecular formula is C14H20N2O. The van der Waals surface area contributed by atoms with Crippen LogP contribution in [0.25, 0.3) is 0 Å². The van der Waals surface area contributed by atoms with E-state index in [1.54, 1.807) is 0 Å². The first-order chi connectivity index (χ1) is 8.01. The van der Waals surface area contributed by atoms with Crippen LogP contribution in [0.5, 0.6) is 0 Å². The van der Waals surface area contributed by atoms with Gasteiger partial charge in [0, 0.05) is 6.54 Å². The Morgan fingerprint density at radius 2 is 2.06 bits per heavy atom. The molecule has 92 valence electrons. The van der Waals surface area contributed by atoms with E-state index < -0.39 is 5.54 Å². The topological polar surface area (TPSA) is 55.1 Å². The lowest BCUT2D eigenvalue weighted by Gasteiger charge is -2.10. The van der Waals surface area contributed by atoms with Gasteiger partial charge < -0.3 is 11.1 Å². The summed E-state index contributed by atoms with van der Waals surface area (Å²) in [4.78, 5) is 11.6. The van der Waals surface area contributed by atoms with Gasteiger partial charge in [0.25, 0.3) is 0 Å². The number of aryl methyl sites for hydroxylation is 2. The second-order valence-electron chi connectivity index (χ2n) is 5.08. The van der Waals surface area contributed by atoms with Crippen molar-refractivity contribution in [2.75, 3.05) is 6.54 Å². The smallest absolute Gasteiger partial charge is 0.240 e. The summed E-state index contributed by atoms with van der Waals surface area (Å²) in [5.74, 6) is 0.00123. The third-order valence-electron chi connectivity index (χ3n) is 3.51. The highest BCUT2D eigenvalue weighted by Crippen LogP contribution is 2.31. The molecule has 0 atom stereocenters. The van der Waals surface area contributed by atoms with Crippen molar-refractivity contribution in [1.29, 1.82) is 0 Å². The van der Waals surface area contributed by atoms with E-state index in [1.165, 1.54) is 16.7 Å². The molecule has 1 aliphatic carbocycles. The SMILES string of the molecule is Cc1ccc(CCNC(=O)C2(N)CC2)cc1C. The van der Waals surface area contributed by atoms with Gasteiger partial charge in [-0.25, -0.2) is 0 Å². The van der Waals surface area contributed by atoms with Crippen molar-refractivity contribution in [2.45, 2.75) is 38.6 Å². The van der Waals surface area contributed by atoms with Crippen LogP contribution in [-0.4, -0.2) is 18.0 Å². The molecule has 0 radical (unpaired) electrons. The number of hydrogen-bond donors (Lipinski definition) is 2. The summed E-state index contributed by atoms with van der Waals surface area (Å²) in [6, 6.07) is 6.42. The summed E-state index contributed by atoms with van der Waals surface area (Å²) in [6.07, 6.45) is 2.51. The Bertz CT molecular complexity index is 436. The van der Waals surface area contributed by atoms with Crippen LogP contribution in [0, 0.1) is 13.8 Å². The van der Waals surface area contributed by atoms with Gasteiger partial charge in [0.1, 0.15) is 0 Å². The minimum absolute atomic E-state index is 0.00123. The summed E-state index contributed by atoms with van der Waals surface area (Å²) in [7, 11) is 0. The third kappa shape index (κ3) is 2.86. The molecule has 3 nitrogen and oxygen atoms in total. The van der Waals surface area contributed by atoms with Gasteiger partial charge in [0.05, 0.1) is 5.54 Å². The lowest BCUT2D eigenvalue weighted by atomic mass is 10.0. The maximum atomic E-state index is 11.6. The highest BCUT2D eigenvalue weighted by atomic mass is 16.2. The largest absolute Gasteiger partial charge is 0.354 e. The van der Waals surface area contributed by atoms with Gasteiger partial charge in [-0.1, -0.05) is 18.2 Å². The summed E-state index contributed by atoms with van der Waals surface area (Å²) >= 11 is 0. The van der Waals surface area contributed by atoms with E-state index in [-0.39, 0.29) is 5.91 Å². The number of nitrogens with one attached hydrogen (secondary N) is 1. The number of carbonyl (C=O) groups excluding carboxylic acids is 1. The van der Waals surface area contributed by atoms with Crippen molar-refractivity contribution in [3.63, 3.8) is 0 Å². The maximum absolute atomic E-state index is 11.6. The normalized spacial score (nSPS) is 16.6. The second-order valence-corrected chi connectivity index (χ2v) is 5.08. The summed E-state index contributed by atoms with van der Waals surface area (Å²) in [6.45, 7) is 4.88. The van der Waals surface area contributed by atoms with Crippen LogP contribution in [0.4, 0.5) is 0 Å². The molecule has 17 heavy (non-hydrogen) atoms. The Morgan fingerprint density at radius 3 is 2.65 bits per heavy atom. The van der Waals surface area contributed by atoms with Gasteiger partial charge in [-0.3, -0.25) is 4.79 Å². The Balaban J connectivity index is 1.82. The summed E-state index contributed by atoms with van der Waals surface area (Å²) in [5.41, 5.74) is 9.11. The number of benzene rings is 1. The molecule has 1 amide bonds. The fourth-order valence-corrected chi connectivity index (χ4v) is 1.82. The van der Waals surface area contributed by atoms with Crippen LogP contribution < -0.4 is 11.1 Å². The van der Waals surface area contributed by atoms with Gasteiger partial charge in [0.2, 0.25) is 5.91 Å². The predicted octanol–water partition coefficient (Wildman–Crippen LogP) is 1.45. The van der Waals surface area contributed by atoms with E-state index in [9.17, 15) is 4.79 Å². The zero-order valence-electron chi connectivity index (χ0n) is 10.5. The van der Waals surface area contributed by atoms with E-state index in [4.69, 9.17) is 5.73 Å². The Morgan fingerprint density at radius 1 is 1.35 bits per heavy atom. The lowest BCUT2D eigenvalue weighted by Crippen LogP contribution is -2.43. The Labute approximate surface area is 102 Å². The van der Waals surface area contributed by atoms with Crippen molar-refractivity contribution in [2.24, 2.45) is 5.73 Å². The highest BCUT2D eigenvalue weighted by Gasteiger charge is 2.45. The van der Waals surface area contributed by atoms with Crippen LogP contribution in [0.2, 0.25) is 0 Å². The molecule has 0 aromatic heterocycles. The number of nitrogens with two attached hydrogens (primary N) is 1. The minimum Gasteiger partial charge on any atom is -0.354 e. The molecule has 1 saturated carbocycles. The fraction of sp³-hybridized carbons (Fsp3) is 0.500. The van der Waals surface area contributed by atoms with E-state index in [0.29, 0.717) is 6.54 Å². The quantitative estimate of drug-likeness (QED) is 0.825. The standard InChI is InChI=1S/C14H20N2O/c1-10-3-4-12(9-11(10)2)5-8-16-13(17)14(15)6-7-14/h3-4,9H,5-8,15H2,1-2H3,(H,16,17). The molecule has 0 aliphatic heterocycles. The van der Waals surface area contributed by atoms with Crippen molar-refractivity contribution < 1.29 is 4.79 Å². The zero-order valence-corrected chi connectivity index (χ0v) is 10.5. The van der Waals surface area contributed by atoms with Crippen LogP contribution in [0.1, 0.15) is 29.5 Å². The molecule has 1 aliphatic rings. The molecule has 0 unspecified atom stereocenters. The van der Waals surface area contributed by atoms with Crippen LogP contribution in [0.3, 0.4) is 0 Å². The number of hydrogen-bond acceptors (Lipinski definition) is 2. The van der Waals surface area contributed by atoms with E-state index in [2.05, 4.69) is 37.4 Å². The first kappa shape index (κ1) is 12.1. The van der Waals surface area contributed by atoms with Crippen LogP contribution in [0.15, 0.2) is 18.2 Å². The average Bonchev–Trinajstić information content (AvgIpc) is 3.03. The van der Waals surface area contributed by atoms with Crippen LogP contribution >= 0.6 is 0 Å². The molecule has 0 spiro atoms. The number of rotatable bonds is 4. The molecule has 3 heteroatoms. The first-order valence-electron chi connectivity index (χ1n) is 6.15. The Kier molecular flexibility index (Phi) is 3.20. The average molecular weight is 232 g/mol. The molecule has 1 aromatic rings. The van der Waals surface area contributed by atoms with Gasteiger partial charge >= 0.3 is 0 Å². The van der Waals surface area contributed by atoms with E-state index in [0.717, 1.165) is 19.3 Å². The molecule has 0 saturated heterocycles. The molecule has 0 heterocycles. The monoisotopic (exact) mass is 232 g/mol. The fourth-order valence-electron chi connectivity index (χ4n) is 1.82. The zero-order chi connectivity index (χ0) is 12.5. The van der Waals surface area contributed by atoms with Gasteiger partial charge in [-0.2, -0.15) is 0 Å². The van der Waals surface area contributed by atoms with Crippen molar-refractivity contribution >= 4 is 5.91 Å². The summed E-state index contributed by atoms with van der Waals surface area (Å²) < 4.78 is 0. The van der Waals surface area contributed by atoms with E-state index >= 15 is 0 Å². The maximum Gasteiger partial charge on any atom is 0.240 e. The van der Waals surface area contributed by atoms with Crippen molar-refractivity contribution in [3.8, 4) is 0 Å². The number of amides is 1. The third-order valence-corrected chi connectivity index (χ3v) is 3.51. The minimum atomic E-state index is -0.552. The van der Waals surface area contributed by atoms with Gasteiger partial charge in [-0.05, 0) is 49.8 Å². The highest BCUT2D eigenvalue weighted by molar-refractivity contribution is 5.88. The summed E-state index contributed by atoms with van der Waals surface area (Å²) in [5, 5.41) is 2.90. The van der Waals surface area contributed by atoms with Crippen molar-refractivity contribution in [1.82, 2.24) is 5.32 Å². The molecule has 3 N–H and O–H groups in total. The molecule has 1 fully saturated rings. The van der Waals surface area contributed by atoms with Gasteiger partial charge in [0.15, 0.2) is 0 Å². The first-order valence-corrected chi connectivity index (χ1v) is 6.15.